The van der Waals surface area contributed by atoms with Crippen molar-refractivity contribution in [1.29, 1.82) is 0 Å². The first-order chi connectivity index (χ1) is 16.7. The molecule has 1 N–H and O–H groups in total. The summed E-state index contributed by atoms with van der Waals surface area (Å²) in [6.45, 7) is 6.03. The topological polar surface area (TPSA) is 84.9 Å². The summed E-state index contributed by atoms with van der Waals surface area (Å²) in [5.74, 6) is 0.982. The van der Waals surface area contributed by atoms with Crippen LogP contribution in [0.15, 0.2) is 70.0 Å². The van der Waals surface area contributed by atoms with Crippen LogP contribution in [0, 0.1) is 6.92 Å². The fourth-order valence-electron chi connectivity index (χ4n) is 4.14. The molecule has 0 bridgehead atoms. The monoisotopic (exact) mass is 558 g/mol. The highest BCUT2D eigenvalue weighted by atomic mass is 79.9. The Bertz CT molecular complexity index is 1340. The minimum absolute atomic E-state index is 0.0395. The van der Waals surface area contributed by atoms with E-state index in [1.807, 2.05) is 32.0 Å². The molecule has 1 atom stereocenters. The molecule has 3 aromatic carbocycles. The highest BCUT2D eigenvalue weighted by molar-refractivity contribution is 9.10. The molecule has 0 aliphatic carbocycles. The highest BCUT2D eigenvalue weighted by Gasteiger charge is 2.31. The third-order valence-corrected chi connectivity index (χ3v) is 7.62. The summed E-state index contributed by atoms with van der Waals surface area (Å²) in [7, 11) is -3.79. The molecular weight excluding hydrogens is 532 g/mol. The molecule has 0 saturated carbocycles. The van der Waals surface area contributed by atoms with E-state index in [-0.39, 0.29) is 23.5 Å². The van der Waals surface area contributed by atoms with Gasteiger partial charge in [0.2, 0.25) is 0 Å². The molecule has 7 nitrogen and oxygen atoms in total. The molecule has 1 amide bonds. The van der Waals surface area contributed by atoms with Gasteiger partial charge in [-0.2, -0.15) is 0 Å². The van der Waals surface area contributed by atoms with Crippen LogP contribution in [0.25, 0.3) is 0 Å². The van der Waals surface area contributed by atoms with Gasteiger partial charge in [0.15, 0.2) is 6.61 Å². The van der Waals surface area contributed by atoms with Crippen LogP contribution in [0.2, 0.25) is 0 Å². The lowest BCUT2D eigenvalue weighted by Crippen LogP contribution is -2.39. The first-order valence-electron chi connectivity index (χ1n) is 11.3. The maximum Gasteiger partial charge on any atom is 0.265 e. The van der Waals surface area contributed by atoms with E-state index >= 15 is 0 Å². The average Bonchev–Trinajstić information content (AvgIpc) is 3.14. The lowest BCUT2D eigenvalue weighted by Gasteiger charge is -2.23. The number of carbonyl (C=O) groups is 1. The number of benzene rings is 3. The zero-order chi connectivity index (χ0) is 25.2. The summed E-state index contributed by atoms with van der Waals surface area (Å²) < 4.78 is 40.4. The number of hydrogen-bond acceptors (Lipinski definition) is 5. The number of anilines is 2. The largest absolute Gasteiger partial charge is 0.494 e. The Labute approximate surface area is 214 Å². The number of hydrogen-bond donors (Lipinski definition) is 1. The van der Waals surface area contributed by atoms with Crippen molar-refractivity contribution in [2.75, 3.05) is 22.8 Å². The Kier molecular flexibility index (Phi) is 7.37. The van der Waals surface area contributed by atoms with E-state index < -0.39 is 10.0 Å². The molecule has 0 aromatic heterocycles. The van der Waals surface area contributed by atoms with E-state index in [1.165, 1.54) is 12.1 Å². The zero-order valence-electron chi connectivity index (χ0n) is 19.7. The van der Waals surface area contributed by atoms with Crippen molar-refractivity contribution in [3.63, 3.8) is 0 Å². The highest BCUT2D eigenvalue weighted by Crippen LogP contribution is 2.34. The summed E-state index contributed by atoms with van der Waals surface area (Å²) in [6.07, 6.45) is 0.785. The lowest BCUT2D eigenvalue weighted by atomic mass is 10.1. The number of fused-ring (bicyclic) bond motifs is 1. The van der Waals surface area contributed by atoms with Crippen molar-refractivity contribution in [2.45, 2.75) is 38.1 Å². The first-order valence-corrected chi connectivity index (χ1v) is 13.5. The smallest absolute Gasteiger partial charge is 0.265 e. The SMILES string of the molecule is CCOc1ccc(NS(=O)(=O)c2ccc(OCC(=O)N3c4ccc(Br)cc4CC3C)c(C)c2)cc1. The van der Waals surface area contributed by atoms with E-state index in [4.69, 9.17) is 9.47 Å². The second-order valence-electron chi connectivity index (χ2n) is 8.37. The normalized spacial score (nSPS) is 15.0. The van der Waals surface area contributed by atoms with Gasteiger partial charge in [0.05, 0.1) is 11.5 Å². The summed E-state index contributed by atoms with van der Waals surface area (Å²) in [4.78, 5) is 14.8. The van der Waals surface area contributed by atoms with Gasteiger partial charge in [-0.05, 0) is 99.0 Å². The summed E-state index contributed by atoms with van der Waals surface area (Å²) in [5, 5.41) is 0. The first kappa shape index (κ1) is 25.1. The van der Waals surface area contributed by atoms with Crippen LogP contribution < -0.4 is 19.1 Å². The second-order valence-corrected chi connectivity index (χ2v) is 11.0. The van der Waals surface area contributed by atoms with E-state index in [9.17, 15) is 13.2 Å². The maximum absolute atomic E-state index is 13.0. The molecule has 35 heavy (non-hydrogen) atoms. The van der Waals surface area contributed by atoms with Gasteiger partial charge in [0, 0.05) is 21.9 Å². The number of nitrogens with one attached hydrogen (secondary N) is 1. The van der Waals surface area contributed by atoms with Crippen LogP contribution in [-0.2, 0) is 21.2 Å². The summed E-state index contributed by atoms with van der Waals surface area (Å²) in [5.41, 5.74) is 3.06. The Morgan fingerprint density at radius 1 is 1.09 bits per heavy atom. The van der Waals surface area contributed by atoms with Crippen LogP contribution >= 0.6 is 15.9 Å². The lowest BCUT2D eigenvalue weighted by molar-refractivity contribution is -0.120. The van der Waals surface area contributed by atoms with Gasteiger partial charge in [0.1, 0.15) is 11.5 Å². The van der Waals surface area contributed by atoms with Gasteiger partial charge < -0.3 is 14.4 Å². The molecular formula is C26H27BrN2O5S. The minimum Gasteiger partial charge on any atom is -0.494 e. The quantitative estimate of drug-likeness (QED) is 0.404. The standard InChI is InChI=1S/C26H27BrN2O5S/c1-4-33-22-8-6-21(7-9-22)28-35(31,32)23-10-12-25(17(2)13-23)34-16-26(30)29-18(3)14-19-15-20(27)5-11-24(19)29/h5-13,15,18,28H,4,14,16H2,1-3H3. The number of rotatable bonds is 8. The molecule has 1 aliphatic rings. The molecule has 1 aliphatic heterocycles. The zero-order valence-corrected chi connectivity index (χ0v) is 22.1. The van der Waals surface area contributed by atoms with Gasteiger partial charge in [-0.15, -0.1) is 0 Å². The molecule has 1 unspecified atom stereocenters. The second kappa shape index (κ2) is 10.3. The van der Waals surface area contributed by atoms with Crippen molar-refractivity contribution in [3.8, 4) is 11.5 Å². The number of aryl methyl sites for hydroxylation is 1. The third-order valence-electron chi connectivity index (χ3n) is 5.75. The number of sulfonamides is 1. The predicted octanol–water partition coefficient (Wildman–Crippen LogP) is 5.31. The number of carbonyl (C=O) groups excluding carboxylic acids is 1. The van der Waals surface area contributed by atoms with Crippen molar-refractivity contribution >= 4 is 43.2 Å². The van der Waals surface area contributed by atoms with Gasteiger partial charge in [-0.25, -0.2) is 8.42 Å². The molecule has 0 saturated heterocycles. The number of halogens is 1. The molecule has 9 heteroatoms. The number of amides is 1. The fraction of sp³-hybridized carbons (Fsp3) is 0.269. The van der Waals surface area contributed by atoms with Crippen molar-refractivity contribution in [3.05, 3.63) is 76.3 Å². The predicted molar refractivity (Wildman–Crippen MR) is 140 cm³/mol. The van der Waals surface area contributed by atoms with E-state index in [0.29, 0.717) is 29.4 Å². The Hall–Kier alpha value is -3.04. The van der Waals surface area contributed by atoms with Crippen LogP contribution in [0.1, 0.15) is 25.0 Å². The third kappa shape index (κ3) is 5.62. The average molecular weight is 559 g/mol. The molecule has 1 heterocycles. The Balaban J connectivity index is 1.42. The van der Waals surface area contributed by atoms with E-state index in [0.717, 1.165) is 22.1 Å². The van der Waals surface area contributed by atoms with Crippen LogP contribution in [-0.4, -0.2) is 33.6 Å². The molecule has 0 radical (unpaired) electrons. The fourth-order valence-corrected chi connectivity index (χ4v) is 5.69. The van der Waals surface area contributed by atoms with Crippen molar-refractivity contribution in [1.82, 2.24) is 0 Å². The van der Waals surface area contributed by atoms with Crippen molar-refractivity contribution in [2.24, 2.45) is 0 Å². The number of ether oxygens (including phenoxy) is 2. The molecule has 184 valence electrons. The minimum atomic E-state index is -3.79. The molecule has 0 spiro atoms. The summed E-state index contributed by atoms with van der Waals surface area (Å²) >= 11 is 3.48. The van der Waals surface area contributed by atoms with Gasteiger partial charge in [-0.1, -0.05) is 15.9 Å². The van der Waals surface area contributed by atoms with Crippen LogP contribution in [0.4, 0.5) is 11.4 Å². The van der Waals surface area contributed by atoms with Gasteiger partial charge in [0.25, 0.3) is 15.9 Å². The van der Waals surface area contributed by atoms with Crippen LogP contribution in [0.5, 0.6) is 11.5 Å². The Morgan fingerprint density at radius 2 is 1.83 bits per heavy atom. The van der Waals surface area contributed by atoms with E-state index in [2.05, 4.69) is 20.7 Å². The van der Waals surface area contributed by atoms with Gasteiger partial charge >= 0.3 is 0 Å². The molecule has 0 fully saturated rings. The molecule has 3 aromatic rings. The number of nitrogens with zero attached hydrogens (tertiary/aromatic N) is 1. The van der Waals surface area contributed by atoms with Crippen molar-refractivity contribution < 1.29 is 22.7 Å². The maximum atomic E-state index is 13.0. The van der Waals surface area contributed by atoms with Gasteiger partial charge in [-0.3, -0.25) is 9.52 Å². The summed E-state index contributed by atoms with van der Waals surface area (Å²) in [6, 6.07) is 17.2. The van der Waals surface area contributed by atoms with Crippen LogP contribution in [0.3, 0.4) is 0 Å². The molecule has 4 rings (SSSR count). The Morgan fingerprint density at radius 3 is 2.51 bits per heavy atom. The van der Waals surface area contributed by atoms with E-state index in [1.54, 1.807) is 42.2 Å².